The van der Waals surface area contributed by atoms with Gasteiger partial charge in [-0.05, 0) is 37.6 Å². The van der Waals surface area contributed by atoms with Gasteiger partial charge in [0.2, 0.25) is 0 Å². The molecule has 0 aromatic rings. The molecular weight excluding hydrogens is 266 g/mol. The zero-order chi connectivity index (χ0) is 15.6. The van der Waals surface area contributed by atoms with Crippen LogP contribution in [0.4, 0.5) is 0 Å². The van der Waals surface area contributed by atoms with Crippen LogP contribution in [0.25, 0.3) is 0 Å². The van der Waals surface area contributed by atoms with Gasteiger partial charge in [0.05, 0.1) is 12.7 Å². The van der Waals surface area contributed by atoms with E-state index in [2.05, 4.69) is 58.9 Å². The molecule has 3 nitrogen and oxygen atoms in total. The van der Waals surface area contributed by atoms with E-state index in [9.17, 15) is 0 Å². The SMILES string of the molecule is CCOC/C=C(\[C@H]1C[C@@H]1O[Si](C)(C)C(C)(C)C)N(C)C. The van der Waals surface area contributed by atoms with Crippen LogP contribution >= 0.6 is 0 Å². The van der Waals surface area contributed by atoms with E-state index in [1.165, 1.54) is 5.70 Å². The van der Waals surface area contributed by atoms with E-state index >= 15 is 0 Å². The Hall–Kier alpha value is -0.323. The fraction of sp³-hybridized carbons (Fsp3) is 0.875. The van der Waals surface area contributed by atoms with E-state index in [4.69, 9.17) is 9.16 Å². The van der Waals surface area contributed by atoms with Gasteiger partial charge in [0, 0.05) is 32.3 Å². The first-order valence-electron chi connectivity index (χ1n) is 7.73. The summed E-state index contributed by atoms with van der Waals surface area (Å²) in [5, 5.41) is 0.285. The number of nitrogens with zero attached hydrogens (tertiary/aromatic N) is 1. The summed E-state index contributed by atoms with van der Waals surface area (Å²) in [7, 11) is 2.58. The molecule has 0 amide bonds. The van der Waals surface area contributed by atoms with E-state index < -0.39 is 8.32 Å². The van der Waals surface area contributed by atoms with Gasteiger partial charge in [-0.2, -0.15) is 0 Å². The highest BCUT2D eigenvalue weighted by Gasteiger charge is 2.48. The molecule has 1 rings (SSSR count). The number of ether oxygens (including phenoxy) is 1. The molecule has 4 heteroatoms. The molecule has 0 aromatic heterocycles. The van der Waals surface area contributed by atoms with Crippen molar-refractivity contribution in [2.45, 2.75) is 58.4 Å². The van der Waals surface area contributed by atoms with Gasteiger partial charge in [0.15, 0.2) is 8.32 Å². The monoisotopic (exact) mass is 299 g/mol. The number of hydrogen-bond donors (Lipinski definition) is 0. The molecule has 0 unspecified atom stereocenters. The van der Waals surface area contributed by atoms with Crippen molar-refractivity contribution in [1.29, 1.82) is 0 Å². The molecule has 1 aliphatic carbocycles. The molecule has 0 bridgehead atoms. The summed E-state index contributed by atoms with van der Waals surface area (Å²) in [4.78, 5) is 2.21. The lowest BCUT2D eigenvalue weighted by Gasteiger charge is -2.36. The highest BCUT2D eigenvalue weighted by Crippen LogP contribution is 2.46. The van der Waals surface area contributed by atoms with Crippen molar-refractivity contribution in [3.8, 4) is 0 Å². The van der Waals surface area contributed by atoms with Crippen LogP contribution < -0.4 is 0 Å². The van der Waals surface area contributed by atoms with Gasteiger partial charge in [-0.3, -0.25) is 0 Å². The van der Waals surface area contributed by atoms with Gasteiger partial charge in [-0.1, -0.05) is 20.8 Å². The Bertz CT molecular complexity index is 345. The van der Waals surface area contributed by atoms with Gasteiger partial charge >= 0.3 is 0 Å². The molecule has 0 heterocycles. The van der Waals surface area contributed by atoms with Crippen LogP contribution in [0.15, 0.2) is 11.8 Å². The first-order valence-corrected chi connectivity index (χ1v) is 10.6. The summed E-state index contributed by atoms with van der Waals surface area (Å²) < 4.78 is 11.9. The standard InChI is InChI=1S/C16H33NO2Si/c1-9-18-11-10-14(17(5)6)13-12-15(13)19-20(7,8)16(2,3)4/h10,13,15H,9,11-12H2,1-8H3/b14-10+/t13-,15+/m1/s1. The van der Waals surface area contributed by atoms with E-state index in [0.29, 0.717) is 18.6 Å². The van der Waals surface area contributed by atoms with Crippen LogP contribution in [0.3, 0.4) is 0 Å². The Morgan fingerprint density at radius 1 is 1.30 bits per heavy atom. The van der Waals surface area contributed by atoms with E-state index in [0.717, 1.165) is 13.0 Å². The van der Waals surface area contributed by atoms with Crippen molar-refractivity contribution >= 4 is 8.32 Å². The molecule has 1 fully saturated rings. The third-order valence-corrected chi connectivity index (χ3v) is 9.00. The minimum absolute atomic E-state index is 0.285. The predicted octanol–water partition coefficient (Wildman–Crippen LogP) is 3.88. The Morgan fingerprint density at radius 3 is 2.35 bits per heavy atom. The Morgan fingerprint density at radius 2 is 1.90 bits per heavy atom. The molecule has 118 valence electrons. The zero-order valence-electron chi connectivity index (χ0n) is 14.6. The van der Waals surface area contributed by atoms with E-state index in [1.54, 1.807) is 0 Å². The number of hydrogen-bond acceptors (Lipinski definition) is 3. The van der Waals surface area contributed by atoms with Crippen molar-refractivity contribution in [2.75, 3.05) is 27.3 Å². The van der Waals surface area contributed by atoms with Gasteiger partial charge in [-0.25, -0.2) is 0 Å². The molecular formula is C16H33NO2Si. The molecule has 1 saturated carbocycles. The van der Waals surface area contributed by atoms with Crippen molar-refractivity contribution in [1.82, 2.24) is 4.90 Å². The zero-order valence-corrected chi connectivity index (χ0v) is 15.6. The van der Waals surface area contributed by atoms with E-state index in [1.807, 2.05) is 6.92 Å². The van der Waals surface area contributed by atoms with Crippen LogP contribution in [-0.2, 0) is 9.16 Å². The summed E-state index contributed by atoms with van der Waals surface area (Å²) in [6, 6.07) is 0. The first kappa shape index (κ1) is 17.7. The highest BCUT2D eigenvalue weighted by molar-refractivity contribution is 6.74. The summed E-state index contributed by atoms with van der Waals surface area (Å²) in [5.74, 6) is 0.555. The predicted molar refractivity (Wildman–Crippen MR) is 88.4 cm³/mol. The summed E-state index contributed by atoms with van der Waals surface area (Å²) in [6.45, 7) is 15.1. The fourth-order valence-corrected chi connectivity index (χ4v) is 3.47. The third kappa shape index (κ3) is 4.60. The lowest BCUT2D eigenvalue weighted by atomic mass is 10.2. The van der Waals surface area contributed by atoms with Crippen molar-refractivity contribution in [2.24, 2.45) is 5.92 Å². The molecule has 0 N–H and O–H groups in total. The second-order valence-corrected chi connectivity index (χ2v) is 12.2. The summed E-state index contributed by atoms with van der Waals surface area (Å²) in [6.07, 6.45) is 3.78. The molecule has 0 radical (unpaired) electrons. The summed E-state index contributed by atoms with van der Waals surface area (Å²) in [5.41, 5.74) is 1.36. The molecule has 1 aliphatic rings. The van der Waals surface area contributed by atoms with Crippen LogP contribution in [0.2, 0.25) is 18.1 Å². The normalized spacial score (nSPS) is 23.9. The molecule has 0 spiro atoms. The van der Waals surface area contributed by atoms with Gasteiger partial charge in [-0.15, -0.1) is 0 Å². The van der Waals surface area contributed by atoms with E-state index in [-0.39, 0.29) is 5.04 Å². The van der Waals surface area contributed by atoms with Gasteiger partial charge < -0.3 is 14.1 Å². The molecule has 20 heavy (non-hydrogen) atoms. The largest absolute Gasteiger partial charge is 0.413 e. The van der Waals surface area contributed by atoms with Crippen molar-refractivity contribution in [3.63, 3.8) is 0 Å². The summed E-state index contributed by atoms with van der Waals surface area (Å²) >= 11 is 0. The average Bonchev–Trinajstić information content (AvgIpc) is 3.00. The lowest BCUT2D eigenvalue weighted by Crippen LogP contribution is -2.41. The first-order chi connectivity index (χ1) is 9.10. The average molecular weight is 300 g/mol. The van der Waals surface area contributed by atoms with Crippen LogP contribution in [-0.4, -0.2) is 46.6 Å². The van der Waals surface area contributed by atoms with Crippen molar-refractivity contribution in [3.05, 3.63) is 11.8 Å². The topological polar surface area (TPSA) is 21.7 Å². The van der Waals surface area contributed by atoms with Crippen LogP contribution in [0.5, 0.6) is 0 Å². The molecule has 0 aromatic carbocycles. The number of rotatable bonds is 7. The lowest BCUT2D eigenvalue weighted by molar-refractivity contribution is 0.175. The maximum Gasteiger partial charge on any atom is 0.192 e. The molecule has 2 atom stereocenters. The van der Waals surface area contributed by atoms with Gasteiger partial charge in [0.25, 0.3) is 0 Å². The van der Waals surface area contributed by atoms with Crippen molar-refractivity contribution < 1.29 is 9.16 Å². The fourth-order valence-electron chi connectivity index (χ4n) is 2.10. The Kier molecular flexibility index (Phi) is 5.87. The second-order valence-electron chi connectivity index (χ2n) is 7.44. The van der Waals surface area contributed by atoms with Gasteiger partial charge in [0.1, 0.15) is 0 Å². The Balaban J connectivity index is 2.61. The highest BCUT2D eigenvalue weighted by atomic mass is 28.4. The van der Waals surface area contributed by atoms with Crippen LogP contribution in [0, 0.1) is 5.92 Å². The third-order valence-electron chi connectivity index (χ3n) is 4.49. The van der Waals surface area contributed by atoms with Crippen LogP contribution in [0.1, 0.15) is 34.1 Å². The minimum Gasteiger partial charge on any atom is -0.413 e. The Labute approximate surface area is 126 Å². The molecule has 0 saturated heterocycles. The maximum atomic E-state index is 6.49. The quantitative estimate of drug-likeness (QED) is 0.526. The minimum atomic E-state index is -1.64. The smallest absolute Gasteiger partial charge is 0.192 e. The molecule has 0 aliphatic heterocycles. The second kappa shape index (κ2) is 6.63. The maximum absolute atomic E-state index is 6.49.